The minimum Gasteiger partial charge on any atom is -0.365 e. The van der Waals surface area contributed by atoms with E-state index in [1.165, 1.54) is 16.8 Å². The van der Waals surface area contributed by atoms with E-state index in [-0.39, 0.29) is 0 Å². The molecule has 0 saturated heterocycles. The summed E-state index contributed by atoms with van der Waals surface area (Å²) in [7, 11) is 0. The minimum absolute atomic E-state index is 0.794. The molecule has 2 heterocycles. The van der Waals surface area contributed by atoms with Crippen LogP contribution in [0.2, 0.25) is 0 Å². The fourth-order valence-corrected chi connectivity index (χ4v) is 2.31. The van der Waals surface area contributed by atoms with Crippen molar-refractivity contribution in [3.63, 3.8) is 0 Å². The summed E-state index contributed by atoms with van der Waals surface area (Å²) in [6, 6.07) is 4.04. The number of hydrogen-bond acceptors (Lipinski definition) is 4. The van der Waals surface area contributed by atoms with Gasteiger partial charge in [0.15, 0.2) is 0 Å². The summed E-state index contributed by atoms with van der Waals surface area (Å²) < 4.78 is 0.794. The first-order chi connectivity index (χ1) is 7.24. The maximum absolute atomic E-state index is 4.11. The number of hydrogen-bond donors (Lipinski definition) is 1. The Kier molecular flexibility index (Phi) is 3.33. The normalized spacial score (nSPS) is 10.3. The summed E-state index contributed by atoms with van der Waals surface area (Å²) in [5.41, 5.74) is 1.31. The van der Waals surface area contributed by atoms with E-state index < -0.39 is 0 Å². The molecular formula is C10H10BrN3S. The minimum atomic E-state index is 0.794. The van der Waals surface area contributed by atoms with Gasteiger partial charge >= 0.3 is 0 Å². The van der Waals surface area contributed by atoms with Crippen LogP contribution in [0.5, 0.6) is 0 Å². The average molecular weight is 284 g/mol. The van der Waals surface area contributed by atoms with Crippen LogP contribution in [0.15, 0.2) is 28.4 Å². The van der Waals surface area contributed by atoms with E-state index in [9.17, 15) is 0 Å². The number of anilines is 1. The number of thiophene rings is 1. The van der Waals surface area contributed by atoms with Gasteiger partial charge in [-0.05, 0) is 39.9 Å². The van der Waals surface area contributed by atoms with Crippen LogP contribution in [0.25, 0.3) is 0 Å². The zero-order valence-corrected chi connectivity index (χ0v) is 10.6. The van der Waals surface area contributed by atoms with Crippen molar-refractivity contribution in [1.29, 1.82) is 0 Å². The highest BCUT2D eigenvalue weighted by Gasteiger charge is 1.98. The van der Waals surface area contributed by atoms with Crippen molar-refractivity contribution in [3.05, 3.63) is 38.9 Å². The maximum Gasteiger partial charge on any atom is 0.130 e. The monoisotopic (exact) mass is 283 g/mol. The van der Waals surface area contributed by atoms with Gasteiger partial charge in [-0.25, -0.2) is 9.97 Å². The van der Waals surface area contributed by atoms with Crippen LogP contribution in [0.4, 0.5) is 5.82 Å². The predicted octanol–water partition coefficient (Wildman–Crippen LogP) is 3.22. The number of aryl methyl sites for hydroxylation is 1. The summed E-state index contributed by atoms with van der Waals surface area (Å²) in [6.45, 7) is 2.91. The van der Waals surface area contributed by atoms with E-state index in [4.69, 9.17) is 0 Å². The number of halogens is 1. The Balaban J connectivity index is 1.99. The molecule has 3 nitrogen and oxygen atoms in total. The largest absolute Gasteiger partial charge is 0.365 e. The van der Waals surface area contributed by atoms with E-state index in [1.54, 1.807) is 11.3 Å². The lowest BCUT2D eigenvalue weighted by Gasteiger charge is -2.02. The van der Waals surface area contributed by atoms with Crippen molar-refractivity contribution in [2.45, 2.75) is 13.5 Å². The highest BCUT2D eigenvalue weighted by atomic mass is 79.9. The molecule has 0 spiro atoms. The molecule has 2 aromatic rings. The molecule has 0 aliphatic carbocycles. The van der Waals surface area contributed by atoms with Crippen molar-refractivity contribution >= 4 is 33.1 Å². The van der Waals surface area contributed by atoms with Crippen LogP contribution in [0.3, 0.4) is 0 Å². The molecule has 0 radical (unpaired) electrons. The van der Waals surface area contributed by atoms with Gasteiger partial charge in [0.05, 0.1) is 6.54 Å². The third kappa shape index (κ3) is 3.00. The average Bonchev–Trinajstić information content (AvgIpc) is 2.62. The Morgan fingerprint density at radius 2 is 2.27 bits per heavy atom. The Bertz CT molecular complexity index is 455. The quantitative estimate of drug-likeness (QED) is 0.879. The fraction of sp³-hybridized carbons (Fsp3) is 0.200. The molecule has 0 saturated carbocycles. The lowest BCUT2D eigenvalue weighted by Crippen LogP contribution is -1.99. The third-order valence-corrected chi connectivity index (χ3v) is 3.35. The van der Waals surface area contributed by atoms with Gasteiger partial charge in [0.2, 0.25) is 0 Å². The van der Waals surface area contributed by atoms with Crippen LogP contribution in [0, 0.1) is 6.92 Å². The first-order valence-corrected chi connectivity index (χ1v) is 6.17. The van der Waals surface area contributed by atoms with Gasteiger partial charge in [-0.1, -0.05) is 0 Å². The molecule has 0 amide bonds. The van der Waals surface area contributed by atoms with Crippen LogP contribution in [-0.4, -0.2) is 9.97 Å². The van der Waals surface area contributed by atoms with Crippen molar-refractivity contribution < 1.29 is 0 Å². The zero-order valence-electron chi connectivity index (χ0n) is 8.20. The lowest BCUT2D eigenvalue weighted by molar-refractivity contribution is 1.08. The highest BCUT2D eigenvalue weighted by molar-refractivity contribution is 9.10. The molecule has 0 aliphatic rings. The van der Waals surface area contributed by atoms with E-state index >= 15 is 0 Å². The van der Waals surface area contributed by atoms with E-state index in [0.29, 0.717) is 0 Å². The molecule has 0 atom stereocenters. The number of aromatic nitrogens is 2. The lowest BCUT2D eigenvalue weighted by atomic mass is 10.3. The summed E-state index contributed by atoms with van der Waals surface area (Å²) >= 11 is 5.06. The van der Waals surface area contributed by atoms with Crippen molar-refractivity contribution in [2.75, 3.05) is 5.32 Å². The van der Waals surface area contributed by atoms with Crippen molar-refractivity contribution in [3.8, 4) is 0 Å². The van der Waals surface area contributed by atoms with E-state index in [2.05, 4.69) is 49.6 Å². The summed E-state index contributed by atoms with van der Waals surface area (Å²) in [4.78, 5) is 9.39. The molecule has 5 heteroatoms. The zero-order chi connectivity index (χ0) is 10.7. The first kappa shape index (κ1) is 10.6. The molecule has 2 rings (SSSR count). The number of nitrogens with one attached hydrogen (secondary N) is 1. The SMILES string of the molecule is Cc1csc(CNc2cc(Br)ncn2)c1. The molecule has 2 aromatic heterocycles. The van der Waals surface area contributed by atoms with Crippen LogP contribution in [0.1, 0.15) is 10.4 Å². The van der Waals surface area contributed by atoms with Crippen LogP contribution in [-0.2, 0) is 6.54 Å². The first-order valence-electron chi connectivity index (χ1n) is 4.49. The van der Waals surface area contributed by atoms with Gasteiger partial charge in [0.1, 0.15) is 16.7 Å². The Labute approximate surface area is 101 Å². The molecule has 0 unspecified atom stereocenters. The van der Waals surface area contributed by atoms with Crippen molar-refractivity contribution in [2.24, 2.45) is 0 Å². The van der Waals surface area contributed by atoms with E-state index in [1.807, 2.05) is 6.07 Å². The Morgan fingerprint density at radius 1 is 1.40 bits per heavy atom. The van der Waals surface area contributed by atoms with Gasteiger partial charge in [-0.2, -0.15) is 0 Å². The number of rotatable bonds is 3. The Morgan fingerprint density at radius 3 is 2.93 bits per heavy atom. The maximum atomic E-state index is 4.11. The standard InChI is InChI=1S/C10H10BrN3S/c1-7-2-8(15-5-7)4-12-10-3-9(11)13-6-14-10/h2-3,5-6H,4H2,1H3,(H,12,13,14). The van der Waals surface area contributed by atoms with Gasteiger partial charge in [-0.15, -0.1) is 11.3 Å². The van der Waals surface area contributed by atoms with Gasteiger partial charge in [-0.3, -0.25) is 0 Å². The summed E-state index contributed by atoms with van der Waals surface area (Å²) in [6.07, 6.45) is 1.53. The summed E-state index contributed by atoms with van der Waals surface area (Å²) in [5, 5.41) is 5.39. The molecule has 15 heavy (non-hydrogen) atoms. The smallest absolute Gasteiger partial charge is 0.130 e. The number of nitrogens with zero attached hydrogens (tertiary/aromatic N) is 2. The third-order valence-electron chi connectivity index (χ3n) is 1.86. The van der Waals surface area contributed by atoms with Gasteiger partial charge in [0, 0.05) is 10.9 Å². The molecule has 0 aromatic carbocycles. The molecular weight excluding hydrogens is 274 g/mol. The molecule has 1 N–H and O–H groups in total. The molecule has 0 fully saturated rings. The fourth-order valence-electron chi connectivity index (χ4n) is 1.19. The van der Waals surface area contributed by atoms with Crippen LogP contribution >= 0.6 is 27.3 Å². The molecule has 0 aliphatic heterocycles. The van der Waals surface area contributed by atoms with Gasteiger partial charge in [0.25, 0.3) is 0 Å². The molecule has 0 bridgehead atoms. The molecule has 78 valence electrons. The van der Waals surface area contributed by atoms with E-state index in [0.717, 1.165) is 17.0 Å². The second-order valence-corrected chi connectivity index (χ2v) is 4.98. The predicted molar refractivity (Wildman–Crippen MR) is 66.1 cm³/mol. The van der Waals surface area contributed by atoms with Gasteiger partial charge < -0.3 is 5.32 Å². The highest BCUT2D eigenvalue weighted by Crippen LogP contribution is 2.16. The second-order valence-electron chi connectivity index (χ2n) is 3.17. The van der Waals surface area contributed by atoms with Crippen molar-refractivity contribution in [1.82, 2.24) is 9.97 Å². The Hall–Kier alpha value is -0.940. The van der Waals surface area contributed by atoms with Crippen LogP contribution < -0.4 is 5.32 Å². The summed E-state index contributed by atoms with van der Waals surface area (Å²) in [5.74, 6) is 0.836. The topological polar surface area (TPSA) is 37.8 Å². The second kappa shape index (κ2) is 4.72.